The topological polar surface area (TPSA) is 67.4 Å². The zero-order valence-corrected chi connectivity index (χ0v) is 13.9. The molecule has 0 aliphatic heterocycles. The number of hydrogen-bond donors (Lipinski definition) is 2. The number of nitrogens with one attached hydrogen (secondary N) is 2. The molecule has 0 radical (unpaired) electrons. The number of carbonyl (C=O) groups is 2. The Morgan fingerprint density at radius 1 is 1.09 bits per heavy atom. The molecule has 5 nitrogen and oxygen atoms in total. The van der Waals surface area contributed by atoms with Gasteiger partial charge in [-0.3, -0.25) is 9.59 Å². The van der Waals surface area contributed by atoms with Crippen LogP contribution in [0.1, 0.15) is 52.4 Å². The van der Waals surface area contributed by atoms with E-state index in [0.29, 0.717) is 11.4 Å². The Bertz CT molecular complexity index is 520. The van der Waals surface area contributed by atoms with E-state index in [1.54, 1.807) is 31.2 Å². The van der Waals surface area contributed by atoms with Crippen molar-refractivity contribution in [1.82, 2.24) is 5.32 Å². The van der Waals surface area contributed by atoms with Gasteiger partial charge in [0.2, 0.25) is 5.91 Å². The molecular formula is C18H26N2O3. The maximum absolute atomic E-state index is 12.2. The fourth-order valence-corrected chi connectivity index (χ4v) is 2.82. The molecule has 2 N–H and O–H groups in total. The Hall–Kier alpha value is -2.04. The second kappa shape index (κ2) is 8.56. The maximum Gasteiger partial charge on any atom is 0.260 e. The van der Waals surface area contributed by atoms with E-state index in [2.05, 4.69) is 10.6 Å². The molecule has 1 fully saturated rings. The van der Waals surface area contributed by atoms with Crippen LogP contribution >= 0.6 is 0 Å². The minimum absolute atomic E-state index is 0.0668. The first-order valence-corrected chi connectivity index (χ1v) is 8.39. The van der Waals surface area contributed by atoms with E-state index in [-0.39, 0.29) is 17.9 Å². The van der Waals surface area contributed by atoms with E-state index in [1.165, 1.54) is 32.6 Å². The number of carbonyl (C=O) groups excluding carboxylic acids is 2. The Labute approximate surface area is 137 Å². The minimum Gasteiger partial charge on any atom is -0.481 e. The van der Waals surface area contributed by atoms with Crippen molar-refractivity contribution in [2.45, 2.75) is 64.5 Å². The smallest absolute Gasteiger partial charge is 0.260 e. The van der Waals surface area contributed by atoms with Gasteiger partial charge in [0, 0.05) is 18.7 Å². The predicted molar refractivity (Wildman–Crippen MR) is 90.5 cm³/mol. The van der Waals surface area contributed by atoms with Crippen LogP contribution < -0.4 is 15.4 Å². The van der Waals surface area contributed by atoms with E-state index < -0.39 is 6.10 Å². The van der Waals surface area contributed by atoms with E-state index in [4.69, 9.17) is 4.74 Å². The molecular weight excluding hydrogens is 292 g/mol. The van der Waals surface area contributed by atoms with Gasteiger partial charge in [-0.25, -0.2) is 0 Å². The second-order valence-corrected chi connectivity index (χ2v) is 6.16. The molecule has 1 aromatic rings. The number of amides is 2. The van der Waals surface area contributed by atoms with Crippen molar-refractivity contribution >= 4 is 17.5 Å². The van der Waals surface area contributed by atoms with Crippen molar-refractivity contribution in [2.75, 3.05) is 5.32 Å². The first-order chi connectivity index (χ1) is 11.0. The fourth-order valence-electron chi connectivity index (χ4n) is 2.82. The normalized spacial score (nSPS) is 17.0. The molecule has 0 heterocycles. The number of anilines is 1. The lowest BCUT2D eigenvalue weighted by molar-refractivity contribution is -0.128. The van der Waals surface area contributed by atoms with Crippen molar-refractivity contribution in [2.24, 2.45) is 0 Å². The van der Waals surface area contributed by atoms with Crippen LogP contribution in [0.25, 0.3) is 0 Å². The number of ether oxygens (including phenoxy) is 1. The predicted octanol–water partition coefficient (Wildman–Crippen LogP) is 3.25. The molecule has 2 rings (SSSR count). The molecule has 1 aromatic carbocycles. The lowest BCUT2D eigenvalue weighted by Gasteiger charge is -2.20. The molecule has 0 spiro atoms. The van der Waals surface area contributed by atoms with Crippen LogP contribution in [0.4, 0.5) is 5.69 Å². The van der Waals surface area contributed by atoms with Gasteiger partial charge in [-0.1, -0.05) is 25.7 Å². The Morgan fingerprint density at radius 2 is 1.70 bits per heavy atom. The highest BCUT2D eigenvalue weighted by Gasteiger charge is 2.20. The average molecular weight is 318 g/mol. The third-order valence-electron chi connectivity index (χ3n) is 4.06. The molecule has 1 saturated carbocycles. The van der Waals surface area contributed by atoms with Gasteiger partial charge in [-0.15, -0.1) is 0 Å². The quantitative estimate of drug-likeness (QED) is 0.819. The van der Waals surface area contributed by atoms with Crippen LogP contribution in [0.2, 0.25) is 0 Å². The van der Waals surface area contributed by atoms with Gasteiger partial charge in [-0.05, 0) is 44.0 Å². The summed E-state index contributed by atoms with van der Waals surface area (Å²) in [5.41, 5.74) is 0.709. The summed E-state index contributed by atoms with van der Waals surface area (Å²) in [5.74, 6) is 0.431. The third kappa shape index (κ3) is 5.93. The van der Waals surface area contributed by atoms with Gasteiger partial charge in [0.25, 0.3) is 5.91 Å². The van der Waals surface area contributed by atoms with Crippen molar-refractivity contribution < 1.29 is 14.3 Å². The largest absolute Gasteiger partial charge is 0.481 e. The molecule has 5 heteroatoms. The molecule has 126 valence electrons. The zero-order valence-electron chi connectivity index (χ0n) is 13.9. The van der Waals surface area contributed by atoms with Gasteiger partial charge < -0.3 is 15.4 Å². The summed E-state index contributed by atoms with van der Waals surface area (Å²) in [7, 11) is 0. The van der Waals surface area contributed by atoms with Crippen molar-refractivity contribution in [3.63, 3.8) is 0 Å². The van der Waals surface area contributed by atoms with Gasteiger partial charge >= 0.3 is 0 Å². The van der Waals surface area contributed by atoms with E-state index in [0.717, 1.165) is 12.8 Å². The third-order valence-corrected chi connectivity index (χ3v) is 4.06. The fraction of sp³-hybridized carbons (Fsp3) is 0.556. The Kier molecular flexibility index (Phi) is 6.44. The van der Waals surface area contributed by atoms with Crippen molar-refractivity contribution in [3.05, 3.63) is 24.3 Å². The molecule has 0 aromatic heterocycles. The van der Waals surface area contributed by atoms with Crippen molar-refractivity contribution in [3.8, 4) is 5.75 Å². The SMILES string of the molecule is CC(=O)Nc1ccc(OC(C)C(=O)NC2CCCCCC2)cc1. The molecule has 2 amide bonds. The lowest BCUT2D eigenvalue weighted by atomic mass is 10.1. The summed E-state index contributed by atoms with van der Waals surface area (Å²) >= 11 is 0. The standard InChI is InChI=1S/C18H26N2O3/c1-13(18(22)20-15-7-5-3-4-6-8-15)23-17-11-9-16(10-12-17)19-14(2)21/h9-13,15H,3-8H2,1-2H3,(H,19,21)(H,20,22). The van der Waals surface area contributed by atoms with Crippen molar-refractivity contribution in [1.29, 1.82) is 0 Å². The van der Waals surface area contributed by atoms with Crippen LogP contribution in [0.5, 0.6) is 5.75 Å². The molecule has 0 bridgehead atoms. The Balaban J connectivity index is 1.83. The number of hydrogen-bond acceptors (Lipinski definition) is 3. The molecule has 1 aliphatic carbocycles. The van der Waals surface area contributed by atoms with Gasteiger partial charge in [0.05, 0.1) is 0 Å². The number of benzene rings is 1. The highest BCUT2D eigenvalue weighted by Crippen LogP contribution is 2.19. The molecule has 0 saturated heterocycles. The molecule has 1 unspecified atom stereocenters. The Morgan fingerprint density at radius 3 is 2.26 bits per heavy atom. The van der Waals surface area contributed by atoms with Crippen LogP contribution in [0.15, 0.2) is 24.3 Å². The summed E-state index contributed by atoms with van der Waals surface area (Å²) in [6, 6.07) is 7.29. The van der Waals surface area contributed by atoms with E-state index in [1.807, 2.05) is 0 Å². The minimum atomic E-state index is -0.537. The summed E-state index contributed by atoms with van der Waals surface area (Å²) in [6.45, 7) is 3.22. The molecule has 1 atom stereocenters. The summed E-state index contributed by atoms with van der Waals surface area (Å²) in [5, 5.41) is 5.79. The highest BCUT2D eigenvalue weighted by atomic mass is 16.5. The monoisotopic (exact) mass is 318 g/mol. The summed E-state index contributed by atoms with van der Waals surface area (Å²) < 4.78 is 5.68. The summed E-state index contributed by atoms with van der Waals surface area (Å²) in [6.07, 6.45) is 6.48. The molecule has 23 heavy (non-hydrogen) atoms. The highest BCUT2D eigenvalue weighted by molar-refractivity contribution is 5.88. The van der Waals surface area contributed by atoms with E-state index >= 15 is 0 Å². The van der Waals surface area contributed by atoms with Crippen LogP contribution in [0, 0.1) is 0 Å². The van der Waals surface area contributed by atoms with Gasteiger partial charge in [-0.2, -0.15) is 0 Å². The molecule has 1 aliphatic rings. The van der Waals surface area contributed by atoms with E-state index in [9.17, 15) is 9.59 Å². The lowest BCUT2D eigenvalue weighted by Crippen LogP contribution is -2.42. The first-order valence-electron chi connectivity index (χ1n) is 8.39. The summed E-state index contributed by atoms with van der Waals surface area (Å²) in [4.78, 5) is 23.2. The van der Waals surface area contributed by atoms with Crippen LogP contribution in [-0.4, -0.2) is 24.0 Å². The zero-order chi connectivity index (χ0) is 16.7. The second-order valence-electron chi connectivity index (χ2n) is 6.16. The average Bonchev–Trinajstić information content (AvgIpc) is 2.77. The van der Waals surface area contributed by atoms with Gasteiger partial charge in [0.15, 0.2) is 6.10 Å². The number of rotatable bonds is 5. The van der Waals surface area contributed by atoms with Gasteiger partial charge in [0.1, 0.15) is 5.75 Å². The first kappa shape index (κ1) is 17.3. The maximum atomic E-state index is 12.2. The van der Waals surface area contributed by atoms with Crippen LogP contribution in [0.3, 0.4) is 0 Å². The van der Waals surface area contributed by atoms with Crippen LogP contribution in [-0.2, 0) is 9.59 Å².